The van der Waals surface area contributed by atoms with Crippen molar-refractivity contribution in [3.8, 4) is 0 Å². The van der Waals surface area contributed by atoms with Gasteiger partial charge in [0.25, 0.3) is 0 Å². The van der Waals surface area contributed by atoms with Gasteiger partial charge < -0.3 is 14.2 Å². The van der Waals surface area contributed by atoms with E-state index in [1.165, 1.54) is 231 Å². The molecule has 0 aliphatic carbocycles. The zero-order valence-electron chi connectivity index (χ0n) is 54.1. The van der Waals surface area contributed by atoms with Crippen LogP contribution in [0.5, 0.6) is 0 Å². The van der Waals surface area contributed by atoms with Gasteiger partial charge >= 0.3 is 17.9 Å². The molecule has 1 unspecified atom stereocenters. The zero-order valence-corrected chi connectivity index (χ0v) is 54.1. The number of hydrogen-bond acceptors (Lipinski definition) is 6. The zero-order chi connectivity index (χ0) is 58.5. The van der Waals surface area contributed by atoms with E-state index in [0.717, 1.165) is 96.3 Å². The predicted octanol–water partition coefficient (Wildman–Crippen LogP) is 24.4. The van der Waals surface area contributed by atoms with Gasteiger partial charge in [-0.05, 0) is 96.3 Å². The van der Waals surface area contributed by atoms with E-state index in [-0.39, 0.29) is 31.1 Å². The van der Waals surface area contributed by atoms with Crippen LogP contribution in [0, 0.1) is 0 Å². The lowest BCUT2D eigenvalue weighted by Gasteiger charge is -2.18. The average molecular weight is 1130 g/mol. The SMILES string of the molecule is CCCCCCC/C=C\C/C=C\C/C=C\CCCCCCCCCCCCC(=O)OCC(COC(=O)CCCCCCCCCCCCCCCCCCC)OC(=O)CCCCCCCC/C=C\C/C=C\C/C=C\CCCCCCC. The van der Waals surface area contributed by atoms with Gasteiger partial charge in [0.2, 0.25) is 0 Å². The van der Waals surface area contributed by atoms with Gasteiger partial charge in [-0.1, -0.05) is 325 Å². The number of carbonyl (C=O) groups excluding carboxylic acids is 3. The van der Waals surface area contributed by atoms with Crippen molar-refractivity contribution < 1.29 is 28.6 Å². The summed E-state index contributed by atoms with van der Waals surface area (Å²) in [5, 5.41) is 0. The first-order valence-corrected chi connectivity index (χ1v) is 35.4. The summed E-state index contributed by atoms with van der Waals surface area (Å²) in [6.45, 7) is 6.66. The molecule has 470 valence electrons. The predicted molar refractivity (Wildman–Crippen MR) is 353 cm³/mol. The van der Waals surface area contributed by atoms with E-state index < -0.39 is 6.10 Å². The second kappa shape index (κ2) is 69.3. The highest BCUT2D eigenvalue weighted by Gasteiger charge is 2.19. The Kier molecular flexibility index (Phi) is 66.6. The highest BCUT2D eigenvalue weighted by atomic mass is 16.6. The highest BCUT2D eigenvalue weighted by Crippen LogP contribution is 2.17. The summed E-state index contributed by atoms with van der Waals surface area (Å²) < 4.78 is 17.0. The molecule has 0 aromatic carbocycles. The molecule has 0 saturated carbocycles. The lowest BCUT2D eigenvalue weighted by Crippen LogP contribution is -2.30. The van der Waals surface area contributed by atoms with Crippen molar-refractivity contribution in [2.75, 3.05) is 13.2 Å². The molecular weight excluding hydrogens is 997 g/mol. The second-order valence-electron chi connectivity index (χ2n) is 23.8. The molecule has 0 N–H and O–H groups in total. The molecule has 0 heterocycles. The standard InChI is InChI=1S/C75H134O6/c1-4-7-10-13-16-19-22-25-28-31-33-35-36-37-38-40-41-44-47-50-53-56-59-62-65-68-74(77)80-71-72(70-79-73(76)67-64-61-58-55-52-49-46-43-30-27-24-21-18-15-12-9-6-3)81-75(78)69-66-63-60-57-54-51-48-45-42-39-34-32-29-26-23-20-17-14-11-8-5-2/h22-23,25-26,31-34,36-37,42,45,72H,4-21,24,27-30,35,38-41,43-44,46-71H2,1-3H3/b25-22-,26-23-,33-31-,34-32-,37-36-,45-42-. The van der Waals surface area contributed by atoms with Gasteiger partial charge in [-0.25, -0.2) is 0 Å². The quantitative estimate of drug-likeness (QED) is 0.0261. The molecule has 0 rings (SSSR count). The van der Waals surface area contributed by atoms with E-state index >= 15 is 0 Å². The molecule has 1 atom stereocenters. The Morgan fingerprint density at radius 2 is 0.444 bits per heavy atom. The van der Waals surface area contributed by atoms with E-state index in [9.17, 15) is 14.4 Å². The number of rotatable bonds is 65. The molecule has 0 aliphatic rings. The summed E-state index contributed by atoms with van der Waals surface area (Å²) in [7, 11) is 0. The van der Waals surface area contributed by atoms with Crippen molar-refractivity contribution >= 4 is 17.9 Å². The van der Waals surface area contributed by atoms with Crippen LogP contribution in [-0.4, -0.2) is 37.2 Å². The fourth-order valence-corrected chi connectivity index (χ4v) is 10.3. The Hall–Kier alpha value is -3.15. The minimum absolute atomic E-state index is 0.0785. The number of ether oxygens (including phenoxy) is 3. The summed E-state index contributed by atoms with van der Waals surface area (Å²) in [6, 6.07) is 0. The van der Waals surface area contributed by atoms with Gasteiger partial charge in [0.05, 0.1) is 0 Å². The largest absolute Gasteiger partial charge is 0.462 e. The van der Waals surface area contributed by atoms with Crippen molar-refractivity contribution in [3.63, 3.8) is 0 Å². The van der Waals surface area contributed by atoms with Crippen molar-refractivity contribution in [3.05, 3.63) is 72.9 Å². The van der Waals surface area contributed by atoms with Crippen LogP contribution in [0.25, 0.3) is 0 Å². The molecule has 0 spiro atoms. The van der Waals surface area contributed by atoms with Gasteiger partial charge in [0.15, 0.2) is 6.10 Å². The number of unbranched alkanes of at least 4 members (excludes halogenated alkanes) is 42. The van der Waals surface area contributed by atoms with E-state index in [0.29, 0.717) is 19.3 Å². The molecule has 0 aliphatic heterocycles. The molecule has 0 aromatic rings. The van der Waals surface area contributed by atoms with Crippen molar-refractivity contribution in [1.82, 2.24) is 0 Å². The third kappa shape index (κ3) is 67.5. The smallest absolute Gasteiger partial charge is 0.306 e. The molecule has 6 heteroatoms. The van der Waals surface area contributed by atoms with Crippen LogP contribution < -0.4 is 0 Å². The maximum absolute atomic E-state index is 13.0. The number of hydrogen-bond donors (Lipinski definition) is 0. The Labute approximate surface area is 503 Å². The molecule has 0 aromatic heterocycles. The Balaban J connectivity index is 4.37. The summed E-state index contributed by atoms with van der Waals surface area (Å²) in [5.74, 6) is -0.873. The van der Waals surface area contributed by atoms with Crippen LogP contribution in [0.15, 0.2) is 72.9 Å². The monoisotopic (exact) mass is 1130 g/mol. The molecule has 0 radical (unpaired) electrons. The number of esters is 3. The van der Waals surface area contributed by atoms with E-state index in [4.69, 9.17) is 14.2 Å². The lowest BCUT2D eigenvalue weighted by molar-refractivity contribution is -0.167. The number of allylic oxidation sites excluding steroid dienone is 12. The normalized spacial score (nSPS) is 12.5. The van der Waals surface area contributed by atoms with E-state index in [1.54, 1.807) is 0 Å². The van der Waals surface area contributed by atoms with E-state index in [2.05, 4.69) is 93.7 Å². The minimum atomic E-state index is -0.785. The molecule has 6 nitrogen and oxygen atoms in total. The van der Waals surface area contributed by atoms with Crippen LogP contribution in [0.4, 0.5) is 0 Å². The third-order valence-electron chi connectivity index (χ3n) is 15.7. The van der Waals surface area contributed by atoms with Gasteiger partial charge in [-0.3, -0.25) is 14.4 Å². The van der Waals surface area contributed by atoms with Gasteiger partial charge in [0, 0.05) is 19.3 Å². The molecule has 0 saturated heterocycles. The van der Waals surface area contributed by atoms with Crippen LogP contribution in [-0.2, 0) is 28.6 Å². The first-order chi connectivity index (χ1) is 40.0. The maximum Gasteiger partial charge on any atom is 0.306 e. The van der Waals surface area contributed by atoms with Crippen molar-refractivity contribution in [2.45, 2.75) is 374 Å². The second-order valence-corrected chi connectivity index (χ2v) is 23.8. The Morgan fingerprint density at radius 1 is 0.247 bits per heavy atom. The van der Waals surface area contributed by atoms with Crippen LogP contribution in [0.2, 0.25) is 0 Å². The fraction of sp³-hybridized carbons (Fsp3) is 0.800. The Morgan fingerprint density at radius 3 is 0.691 bits per heavy atom. The summed E-state index contributed by atoms with van der Waals surface area (Å²) in [5.41, 5.74) is 0. The fourth-order valence-electron chi connectivity index (χ4n) is 10.3. The molecule has 0 fully saturated rings. The summed E-state index contributed by atoms with van der Waals surface area (Å²) >= 11 is 0. The minimum Gasteiger partial charge on any atom is -0.462 e. The maximum atomic E-state index is 13.0. The first kappa shape index (κ1) is 77.9. The van der Waals surface area contributed by atoms with E-state index in [1.807, 2.05) is 0 Å². The summed E-state index contributed by atoms with van der Waals surface area (Å²) in [6.07, 6.45) is 90.6. The third-order valence-corrected chi connectivity index (χ3v) is 15.7. The van der Waals surface area contributed by atoms with Crippen molar-refractivity contribution in [1.29, 1.82) is 0 Å². The Bertz CT molecular complexity index is 1490. The van der Waals surface area contributed by atoms with Crippen molar-refractivity contribution in [2.24, 2.45) is 0 Å². The van der Waals surface area contributed by atoms with Gasteiger partial charge in [-0.15, -0.1) is 0 Å². The van der Waals surface area contributed by atoms with Crippen LogP contribution in [0.3, 0.4) is 0 Å². The molecule has 0 amide bonds. The van der Waals surface area contributed by atoms with Crippen LogP contribution >= 0.6 is 0 Å². The number of carbonyl (C=O) groups is 3. The molecule has 0 bridgehead atoms. The molecule has 81 heavy (non-hydrogen) atoms. The average Bonchev–Trinajstić information content (AvgIpc) is 3.47. The van der Waals surface area contributed by atoms with Crippen LogP contribution in [0.1, 0.15) is 367 Å². The first-order valence-electron chi connectivity index (χ1n) is 35.4. The van der Waals surface area contributed by atoms with Gasteiger partial charge in [0.1, 0.15) is 13.2 Å². The van der Waals surface area contributed by atoms with Gasteiger partial charge in [-0.2, -0.15) is 0 Å². The summed E-state index contributed by atoms with van der Waals surface area (Å²) in [4.78, 5) is 38.5. The topological polar surface area (TPSA) is 78.9 Å². The molecular formula is C75H134O6. The lowest BCUT2D eigenvalue weighted by atomic mass is 10.0. The highest BCUT2D eigenvalue weighted by molar-refractivity contribution is 5.71.